The second kappa shape index (κ2) is 11.0. The zero-order valence-corrected chi connectivity index (χ0v) is 15.9. The summed E-state index contributed by atoms with van der Waals surface area (Å²) in [5.74, 6) is 0. The summed E-state index contributed by atoms with van der Waals surface area (Å²) in [6.45, 7) is 0. The Hall–Kier alpha value is -2.86. The van der Waals surface area contributed by atoms with Gasteiger partial charge in [-0.15, -0.1) is 0 Å². The molecule has 0 atom stereocenters. The van der Waals surface area contributed by atoms with Crippen molar-refractivity contribution < 1.29 is 0 Å². The molecule has 3 aromatic carbocycles. The average Bonchev–Trinajstić information content (AvgIpc) is 2.73. The van der Waals surface area contributed by atoms with Gasteiger partial charge in [0.15, 0.2) is 0 Å². The second-order valence-electron chi connectivity index (χ2n) is 6.90. The van der Waals surface area contributed by atoms with Gasteiger partial charge in [-0.25, -0.2) is 0 Å². The summed E-state index contributed by atoms with van der Waals surface area (Å²) in [4.78, 5) is 0. The van der Waals surface area contributed by atoms with Gasteiger partial charge >= 0.3 is 0 Å². The van der Waals surface area contributed by atoms with Crippen molar-refractivity contribution in [2.24, 2.45) is 0 Å². The lowest BCUT2D eigenvalue weighted by Gasteiger charge is -2.05. The van der Waals surface area contributed by atoms with Crippen molar-refractivity contribution in [3.8, 4) is 0 Å². The molecule has 0 unspecified atom stereocenters. The van der Waals surface area contributed by atoms with E-state index in [1.807, 2.05) is 0 Å². The van der Waals surface area contributed by atoms with Crippen LogP contribution in [0.25, 0.3) is 6.08 Å². The SMILES string of the molecule is C(=C\C(=C\c1ccccc1)CCCc1ccccc1)/CCc1ccccc1. The molecule has 0 aliphatic heterocycles. The predicted molar refractivity (Wildman–Crippen MR) is 118 cm³/mol. The third-order valence-corrected chi connectivity index (χ3v) is 4.70. The first-order chi connectivity index (χ1) is 13.4. The van der Waals surface area contributed by atoms with Crippen LogP contribution >= 0.6 is 0 Å². The molecule has 0 amide bonds. The molecule has 0 aromatic heterocycles. The van der Waals surface area contributed by atoms with Gasteiger partial charge in [-0.3, -0.25) is 0 Å². The van der Waals surface area contributed by atoms with E-state index in [9.17, 15) is 0 Å². The standard InChI is InChI=1S/C27H28/c1-4-13-24(14-5-1)17-10-11-20-27(23-26-18-8-3-9-19-26)22-12-21-25-15-6-2-7-16-25/h1-9,11,13-16,18-20,23H,10,12,17,21-22H2/b20-11+,27-23-. The van der Waals surface area contributed by atoms with Crippen LogP contribution in [0.15, 0.2) is 109 Å². The second-order valence-corrected chi connectivity index (χ2v) is 6.90. The zero-order chi connectivity index (χ0) is 18.6. The van der Waals surface area contributed by atoms with Gasteiger partial charge in [-0.2, -0.15) is 0 Å². The minimum Gasteiger partial charge on any atom is -0.0839 e. The molecule has 3 aromatic rings. The maximum absolute atomic E-state index is 2.32. The van der Waals surface area contributed by atoms with Crippen LogP contribution in [0.1, 0.15) is 36.0 Å². The molecule has 0 fully saturated rings. The van der Waals surface area contributed by atoms with Crippen molar-refractivity contribution in [3.05, 3.63) is 125 Å². The molecule has 0 bridgehead atoms. The molecular weight excluding hydrogens is 324 g/mol. The third kappa shape index (κ3) is 7.11. The molecule has 0 nitrogen and oxygen atoms in total. The van der Waals surface area contributed by atoms with Crippen molar-refractivity contribution >= 4 is 6.08 Å². The zero-order valence-electron chi connectivity index (χ0n) is 15.9. The lowest BCUT2D eigenvalue weighted by molar-refractivity contribution is 0.825. The van der Waals surface area contributed by atoms with Crippen LogP contribution in [-0.2, 0) is 12.8 Å². The largest absolute Gasteiger partial charge is 0.0839 e. The van der Waals surface area contributed by atoms with Crippen LogP contribution in [0, 0.1) is 0 Å². The highest BCUT2D eigenvalue weighted by Crippen LogP contribution is 2.16. The number of hydrogen-bond donors (Lipinski definition) is 0. The summed E-state index contributed by atoms with van der Waals surface area (Å²) in [6.07, 6.45) is 12.5. The molecule has 0 saturated carbocycles. The highest BCUT2D eigenvalue weighted by atomic mass is 14.0. The predicted octanol–water partition coefficient (Wildman–Crippen LogP) is 7.28. The molecule has 0 heteroatoms. The summed E-state index contributed by atoms with van der Waals surface area (Å²) in [7, 11) is 0. The molecule has 136 valence electrons. The smallest absolute Gasteiger partial charge is 0.0244 e. The van der Waals surface area contributed by atoms with Gasteiger partial charge in [0.05, 0.1) is 0 Å². The minimum absolute atomic E-state index is 1.08. The number of aryl methyl sites for hydroxylation is 2. The fraction of sp³-hybridized carbons (Fsp3) is 0.185. The van der Waals surface area contributed by atoms with Crippen molar-refractivity contribution in [1.29, 1.82) is 0 Å². The first-order valence-electron chi connectivity index (χ1n) is 9.90. The van der Waals surface area contributed by atoms with E-state index in [0.717, 1.165) is 25.7 Å². The Morgan fingerprint density at radius 2 is 1.19 bits per heavy atom. The molecule has 3 rings (SSSR count). The highest BCUT2D eigenvalue weighted by molar-refractivity contribution is 5.55. The van der Waals surface area contributed by atoms with E-state index in [1.165, 1.54) is 28.7 Å². The van der Waals surface area contributed by atoms with Crippen molar-refractivity contribution in [3.63, 3.8) is 0 Å². The summed E-state index contributed by atoms with van der Waals surface area (Å²) < 4.78 is 0. The maximum Gasteiger partial charge on any atom is -0.0244 e. The summed E-state index contributed by atoms with van der Waals surface area (Å²) in [5, 5.41) is 0. The van der Waals surface area contributed by atoms with Crippen molar-refractivity contribution in [1.82, 2.24) is 0 Å². The summed E-state index contributed by atoms with van der Waals surface area (Å²) >= 11 is 0. The number of rotatable bonds is 9. The number of hydrogen-bond acceptors (Lipinski definition) is 0. The van der Waals surface area contributed by atoms with Gasteiger partial charge in [-0.1, -0.05) is 109 Å². The number of allylic oxidation sites excluding steroid dienone is 3. The first-order valence-corrected chi connectivity index (χ1v) is 9.90. The van der Waals surface area contributed by atoms with E-state index in [4.69, 9.17) is 0 Å². The molecule has 0 aliphatic carbocycles. The average molecular weight is 353 g/mol. The molecule has 0 aliphatic rings. The maximum atomic E-state index is 2.32. The van der Waals surface area contributed by atoms with Gasteiger partial charge in [0, 0.05) is 0 Å². The van der Waals surface area contributed by atoms with E-state index in [2.05, 4.69) is 109 Å². The lowest BCUT2D eigenvalue weighted by atomic mass is 10.0. The normalized spacial score (nSPS) is 11.8. The van der Waals surface area contributed by atoms with Gasteiger partial charge in [0.1, 0.15) is 0 Å². The minimum atomic E-state index is 1.08. The Morgan fingerprint density at radius 3 is 1.81 bits per heavy atom. The highest BCUT2D eigenvalue weighted by Gasteiger charge is 1.98. The summed E-state index contributed by atoms with van der Waals surface area (Å²) in [6, 6.07) is 32.1. The van der Waals surface area contributed by atoms with Gasteiger partial charge in [0.25, 0.3) is 0 Å². The molecule has 0 spiro atoms. The van der Waals surface area contributed by atoms with Crippen molar-refractivity contribution in [2.45, 2.75) is 32.1 Å². The van der Waals surface area contributed by atoms with Crippen LogP contribution in [0.3, 0.4) is 0 Å². The van der Waals surface area contributed by atoms with Crippen molar-refractivity contribution in [2.75, 3.05) is 0 Å². The Labute approximate surface area is 163 Å². The molecule has 0 N–H and O–H groups in total. The third-order valence-electron chi connectivity index (χ3n) is 4.70. The molecule has 0 radical (unpaired) electrons. The van der Waals surface area contributed by atoms with Gasteiger partial charge < -0.3 is 0 Å². The number of benzene rings is 3. The lowest BCUT2D eigenvalue weighted by Crippen LogP contribution is -1.88. The molecule has 0 heterocycles. The van der Waals surface area contributed by atoms with E-state index in [0.29, 0.717) is 0 Å². The quantitative estimate of drug-likeness (QED) is 0.355. The first kappa shape index (κ1) is 18.9. The van der Waals surface area contributed by atoms with Crippen LogP contribution in [0.4, 0.5) is 0 Å². The fourth-order valence-corrected chi connectivity index (χ4v) is 3.24. The van der Waals surface area contributed by atoms with E-state index in [1.54, 1.807) is 0 Å². The fourth-order valence-electron chi connectivity index (χ4n) is 3.24. The van der Waals surface area contributed by atoms with E-state index < -0.39 is 0 Å². The molecule has 0 saturated heterocycles. The van der Waals surface area contributed by atoms with Gasteiger partial charge in [0.2, 0.25) is 0 Å². The molecule has 27 heavy (non-hydrogen) atoms. The van der Waals surface area contributed by atoms with Crippen LogP contribution in [0.2, 0.25) is 0 Å². The van der Waals surface area contributed by atoms with Crippen LogP contribution < -0.4 is 0 Å². The van der Waals surface area contributed by atoms with Crippen LogP contribution in [0.5, 0.6) is 0 Å². The Balaban J connectivity index is 1.59. The van der Waals surface area contributed by atoms with E-state index in [-0.39, 0.29) is 0 Å². The van der Waals surface area contributed by atoms with Gasteiger partial charge in [-0.05, 0) is 54.4 Å². The Morgan fingerprint density at radius 1 is 0.630 bits per heavy atom. The summed E-state index contributed by atoms with van der Waals surface area (Å²) in [5.41, 5.74) is 5.51. The topological polar surface area (TPSA) is 0 Å². The van der Waals surface area contributed by atoms with E-state index >= 15 is 0 Å². The molecular formula is C27H28. The Bertz CT molecular complexity index is 827. The monoisotopic (exact) mass is 352 g/mol. The van der Waals surface area contributed by atoms with Crippen LogP contribution in [-0.4, -0.2) is 0 Å². The Kier molecular flexibility index (Phi) is 7.69.